The lowest BCUT2D eigenvalue weighted by atomic mass is 9.86. The van der Waals surface area contributed by atoms with Gasteiger partial charge in [0.25, 0.3) is 0 Å². The smallest absolute Gasteiger partial charge is 0.416 e. The van der Waals surface area contributed by atoms with Crippen LogP contribution in [0.3, 0.4) is 0 Å². The molecular weight excluding hydrogens is 488 g/mol. The van der Waals surface area contributed by atoms with E-state index in [0.717, 1.165) is 12.1 Å². The van der Waals surface area contributed by atoms with Crippen LogP contribution in [0.15, 0.2) is 60.7 Å². The third-order valence-corrected chi connectivity index (χ3v) is 5.73. The van der Waals surface area contributed by atoms with Crippen LogP contribution in [-0.2, 0) is 11.0 Å². The Hall–Kier alpha value is -2.83. The minimum Gasteiger partial charge on any atom is -0.481 e. The van der Waals surface area contributed by atoms with Gasteiger partial charge in [-0.25, -0.2) is 0 Å². The zero-order chi connectivity index (χ0) is 25.2. The van der Waals surface area contributed by atoms with Crippen LogP contribution in [0.4, 0.5) is 13.2 Å². The zero-order valence-corrected chi connectivity index (χ0v) is 19.8. The van der Waals surface area contributed by atoms with Crippen LogP contribution >= 0.6 is 23.2 Å². The van der Waals surface area contributed by atoms with Crippen molar-refractivity contribution in [3.63, 3.8) is 0 Å². The number of carboxylic acids is 1. The fraction of sp³-hybridized carbons (Fsp3) is 0.231. The van der Waals surface area contributed by atoms with Gasteiger partial charge in [0.1, 0.15) is 0 Å². The molecule has 0 saturated carbocycles. The molecule has 3 rings (SSSR count). The van der Waals surface area contributed by atoms with Gasteiger partial charge in [0, 0.05) is 21.2 Å². The SMILES string of the molecule is CC(C)CC(C(=O)O)c1cc(C(=O)c2cc(Cl)cc(Cl)c2)cc(-c2ccc(C(F)(F)F)cc2)c1. The zero-order valence-electron chi connectivity index (χ0n) is 18.3. The maximum Gasteiger partial charge on any atom is 0.416 e. The standard InChI is InChI=1S/C26H21Cl2F3O3/c1-14(2)7-23(25(33)34)17-8-16(15-3-5-20(6-4-15)26(29,30)31)9-18(10-17)24(32)19-11-21(27)13-22(28)12-19/h3-6,8-14,23H,7H2,1-2H3,(H,33,34). The topological polar surface area (TPSA) is 54.4 Å². The molecule has 0 spiro atoms. The Kier molecular flexibility index (Phi) is 7.74. The number of rotatable bonds is 7. The Bertz CT molecular complexity index is 1200. The van der Waals surface area contributed by atoms with E-state index in [1.165, 1.54) is 42.5 Å². The Morgan fingerprint density at radius 2 is 1.41 bits per heavy atom. The number of hydrogen-bond donors (Lipinski definition) is 1. The first-order valence-electron chi connectivity index (χ1n) is 10.4. The molecule has 0 heterocycles. The molecule has 178 valence electrons. The average molecular weight is 509 g/mol. The van der Waals surface area contributed by atoms with Gasteiger partial charge in [0.15, 0.2) is 5.78 Å². The summed E-state index contributed by atoms with van der Waals surface area (Å²) in [4.78, 5) is 25.3. The summed E-state index contributed by atoms with van der Waals surface area (Å²) in [5.41, 5.74) is 0.819. The molecule has 1 N–H and O–H groups in total. The van der Waals surface area contributed by atoms with Crippen molar-refractivity contribution in [2.45, 2.75) is 32.4 Å². The molecule has 0 saturated heterocycles. The van der Waals surface area contributed by atoms with Crippen LogP contribution in [0.2, 0.25) is 10.0 Å². The quantitative estimate of drug-likeness (QED) is 0.327. The van der Waals surface area contributed by atoms with Crippen molar-refractivity contribution in [2.75, 3.05) is 0 Å². The predicted molar refractivity (Wildman–Crippen MR) is 127 cm³/mol. The second-order valence-corrected chi connectivity index (χ2v) is 9.30. The lowest BCUT2D eigenvalue weighted by Gasteiger charge is -2.18. The highest BCUT2D eigenvalue weighted by Crippen LogP contribution is 2.34. The first-order chi connectivity index (χ1) is 15.8. The molecule has 0 aliphatic rings. The highest BCUT2D eigenvalue weighted by molar-refractivity contribution is 6.35. The van der Waals surface area contributed by atoms with Gasteiger partial charge in [0.2, 0.25) is 0 Å². The third kappa shape index (κ3) is 6.19. The van der Waals surface area contributed by atoms with Gasteiger partial charge in [0.05, 0.1) is 11.5 Å². The van der Waals surface area contributed by atoms with Crippen LogP contribution in [0, 0.1) is 5.92 Å². The van der Waals surface area contributed by atoms with Crippen LogP contribution in [0.25, 0.3) is 11.1 Å². The molecule has 34 heavy (non-hydrogen) atoms. The van der Waals surface area contributed by atoms with Crippen LogP contribution in [-0.4, -0.2) is 16.9 Å². The highest BCUT2D eigenvalue weighted by atomic mass is 35.5. The number of alkyl halides is 3. The molecule has 3 aromatic rings. The van der Waals surface area contributed by atoms with Gasteiger partial charge in [-0.2, -0.15) is 13.2 Å². The Morgan fingerprint density at radius 1 is 0.853 bits per heavy atom. The van der Waals surface area contributed by atoms with Gasteiger partial charge < -0.3 is 5.11 Å². The van der Waals surface area contributed by atoms with Crippen LogP contribution < -0.4 is 0 Å². The highest BCUT2D eigenvalue weighted by Gasteiger charge is 2.30. The van der Waals surface area contributed by atoms with E-state index in [4.69, 9.17) is 23.2 Å². The van der Waals surface area contributed by atoms with Crippen molar-refractivity contribution in [3.8, 4) is 11.1 Å². The summed E-state index contributed by atoms with van der Waals surface area (Å²) in [6.07, 6.45) is -4.17. The van der Waals surface area contributed by atoms with Crippen molar-refractivity contribution in [1.29, 1.82) is 0 Å². The number of halogens is 5. The Labute approximate surface area is 205 Å². The molecule has 1 unspecified atom stereocenters. The molecule has 3 aromatic carbocycles. The molecule has 0 fully saturated rings. The average Bonchev–Trinajstić information content (AvgIpc) is 2.75. The summed E-state index contributed by atoms with van der Waals surface area (Å²) in [5, 5.41) is 10.4. The van der Waals surface area contributed by atoms with E-state index in [-0.39, 0.29) is 27.1 Å². The van der Waals surface area contributed by atoms with Gasteiger partial charge in [-0.1, -0.05) is 55.2 Å². The number of carboxylic acid groups (broad SMARTS) is 1. The normalized spacial score (nSPS) is 12.6. The predicted octanol–water partition coefficient (Wildman–Crippen LogP) is 8.12. The summed E-state index contributed by atoms with van der Waals surface area (Å²) in [5.74, 6) is -2.33. The Morgan fingerprint density at radius 3 is 1.91 bits per heavy atom. The molecule has 8 heteroatoms. The summed E-state index contributed by atoms with van der Waals surface area (Å²) < 4.78 is 39.0. The van der Waals surface area contributed by atoms with E-state index in [0.29, 0.717) is 23.1 Å². The number of ketones is 1. The minimum atomic E-state index is -4.49. The summed E-state index contributed by atoms with van der Waals surface area (Å²) in [6.45, 7) is 3.77. The molecule has 1 atom stereocenters. The van der Waals surface area contributed by atoms with Gasteiger partial charge in [-0.3, -0.25) is 9.59 Å². The van der Waals surface area contributed by atoms with Gasteiger partial charge >= 0.3 is 12.1 Å². The molecule has 0 aliphatic heterocycles. The van der Waals surface area contributed by atoms with Crippen molar-refractivity contribution in [2.24, 2.45) is 5.92 Å². The molecule has 0 bridgehead atoms. The van der Waals surface area contributed by atoms with Crippen LogP contribution in [0.5, 0.6) is 0 Å². The number of carbonyl (C=O) groups is 2. The van der Waals surface area contributed by atoms with Crippen molar-refractivity contribution in [3.05, 3.63) is 93.0 Å². The van der Waals surface area contributed by atoms with Crippen molar-refractivity contribution in [1.82, 2.24) is 0 Å². The van der Waals surface area contributed by atoms with Crippen molar-refractivity contribution < 1.29 is 27.9 Å². The van der Waals surface area contributed by atoms with E-state index >= 15 is 0 Å². The first kappa shape index (κ1) is 25.8. The Balaban J connectivity index is 2.17. The molecule has 0 amide bonds. The molecule has 0 aliphatic carbocycles. The van der Waals surface area contributed by atoms with E-state index in [9.17, 15) is 27.9 Å². The fourth-order valence-electron chi connectivity index (χ4n) is 3.70. The van der Waals surface area contributed by atoms with Gasteiger partial charge in [-0.15, -0.1) is 0 Å². The van der Waals surface area contributed by atoms with Crippen molar-refractivity contribution >= 4 is 35.0 Å². The summed E-state index contributed by atoms with van der Waals surface area (Å²) in [6, 6.07) is 13.5. The monoisotopic (exact) mass is 508 g/mol. The van der Waals surface area contributed by atoms with Gasteiger partial charge in [-0.05, 0) is 71.5 Å². The summed E-state index contributed by atoms with van der Waals surface area (Å²) in [7, 11) is 0. The lowest BCUT2D eigenvalue weighted by Crippen LogP contribution is -2.15. The number of benzene rings is 3. The van der Waals surface area contributed by atoms with Crippen LogP contribution in [0.1, 0.15) is 53.2 Å². The van der Waals surface area contributed by atoms with E-state index in [2.05, 4.69) is 0 Å². The maximum atomic E-state index is 13.3. The third-order valence-electron chi connectivity index (χ3n) is 5.30. The maximum absolute atomic E-state index is 13.3. The van der Waals surface area contributed by atoms with E-state index in [1.54, 1.807) is 6.07 Å². The molecular formula is C26H21Cl2F3O3. The second-order valence-electron chi connectivity index (χ2n) is 8.43. The molecule has 0 radical (unpaired) electrons. The number of hydrogen-bond acceptors (Lipinski definition) is 2. The largest absolute Gasteiger partial charge is 0.481 e. The van der Waals surface area contributed by atoms with E-state index < -0.39 is 29.4 Å². The first-order valence-corrected chi connectivity index (χ1v) is 11.2. The number of carbonyl (C=O) groups excluding carboxylic acids is 1. The van der Waals surface area contributed by atoms with E-state index in [1.807, 2.05) is 13.8 Å². The fourth-order valence-corrected chi connectivity index (χ4v) is 4.23. The summed E-state index contributed by atoms with van der Waals surface area (Å²) >= 11 is 12.1. The lowest BCUT2D eigenvalue weighted by molar-refractivity contribution is -0.139. The second kappa shape index (κ2) is 10.2. The number of aliphatic carboxylic acids is 1. The molecule has 0 aromatic heterocycles. The molecule has 3 nitrogen and oxygen atoms in total. The minimum absolute atomic E-state index is 0.0571.